The van der Waals surface area contributed by atoms with E-state index in [0.717, 1.165) is 6.07 Å². The van der Waals surface area contributed by atoms with Gasteiger partial charge in [0.15, 0.2) is 11.5 Å². The van der Waals surface area contributed by atoms with Gasteiger partial charge in [0.05, 0.1) is 5.69 Å². The van der Waals surface area contributed by atoms with Gasteiger partial charge in [-0.2, -0.15) is 13.2 Å². The number of hydrogen-bond donors (Lipinski definition) is 1. The minimum absolute atomic E-state index is 0.0571. The fourth-order valence-electron chi connectivity index (χ4n) is 2.21. The minimum Gasteiger partial charge on any atom is -0.307 e. The summed E-state index contributed by atoms with van der Waals surface area (Å²) in [6.45, 7) is 0.321. The van der Waals surface area contributed by atoms with Crippen LogP contribution in [0, 0.1) is 5.82 Å². The van der Waals surface area contributed by atoms with Crippen LogP contribution in [0.2, 0.25) is 0 Å². The molecule has 2 aromatic rings. The summed E-state index contributed by atoms with van der Waals surface area (Å²) >= 11 is 3.10. The summed E-state index contributed by atoms with van der Waals surface area (Å²) in [5.74, 6) is -0.708. The first kappa shape index (κ1) is 14.4. The van der Waals surface area contributed by atoms with Gasteiger partial charge in [-0.1, -0.05) is 15.9 Å². The van der Waals surface area contributed by atoms with E-state index in [4.69, 9.17) is 0 Å². The van der Waals surface area contributed by atoms with Crippen LogP contribution in [0.25, 0.3) is 11.4 Å². The van der Waals surface area contributed by atoms with Gasteiger partial charge < -0.3 is 5.32 Å². The number of hydrogen-bond acceptors (Lipinski definition) is 3. The highest BCUT2D eigenvalue weighted by Gasteiger charge is 2.38. The third-order valence-corrected chi connectivity index (χ3v) is 3.53. The summed E-state index contributed by atoms with van der Waals surface area (Å²) < 4.78 is 53.1. The summed E-state index contributed by atoms with van der Waals surface area (Å²) in [4.78, 5) is 7.72. The molecule has 8 heteroatoms. The zero-order chi connectivity index (χ0) is 15.2. The monoisotopic (exact) mass is 361 g/mol. The molecule has 1 aliphatic heterocycles. The van der Waals surface area contributed by atoms with E-state index in [9.17, 15) is 17.6 Å². The molecule has 3 rings (SSSR count). The van der Waals surface area contributed by atoms with Crippen LogP contribution in [0.1, 0.15) is 17.0 Å². The van der Waals surface area contributed by atoms with Crippen molar-refractivity contribution in [1.29, 1.82) is 0 Å². The lowest BCUT2D eigenvalue weighted by Crippen LogP contribution is -2.14. The van der Waals surface area contributed by atoms with Crippen molar-refractivity contribution < 1.29 is 17.6 Å². The van der Waals surface area contributed by atoms with Crippen molar-refractivity contribution in [3.05, 3.63) is 45.4 Å². The summed E-state index contributed by atoms with van der Waals surface area (Å²) in [6.07, 6.45) is -4.57. The van der Waals surface area contributed by atoms with Crippen LogP contribution in [0.3, 0.4) is 0 Å². The molecule has 0 bridgehead atoms. The van der Waals surface area contributed by atoms with Crippen LogP contribution < -0.4 is 5.32 Å². The molecule has 1 N–H and O–H groups in total. The van der Waals surface area contributed by atoms with Gasteiger partial charge in [-0.25, -0.2) is 14.4 Å². The number of alkyl halides is 3. The van der Waals surface area contributed by atoms with E-state index in [1.165, 1.54) is 12.1 Å². The maximum Gasteiger partial charge on any atom is 0.433 e. The average Bonchev–Trinajstić information content (AvgIpc) is 2.82. The van der Waals surface area contributed by atoms with Crippen molar-refractivity contribution in [3.8, 4) is 11.4 Å². The van der Waals surface area contributed by atoms with Gasteiger partial charge in [0.2, 0.25) is 0 Å². The molecule has 0 atom stereocenters. The highest BCUT2D eigenvalue weighted by molar-refractivity contribution is 9.10. The molecule has 0 fully saturated rings. The second-order valence-corrected chi connectivity index (χ2v) is 5.50. The normalized spacial score (nSPS) is 14.3. The highest BCUT2D eigenvalue weighted by Crippen LogP contribution is 2.35. The zero-order valence-corrected chi connectivity index (χ0v) is 12.0. The molecule has 0 amide bonds. The predicted molar refractivity (Wildman–Crippen MR) is 70.7 cm³/mol. The number of halogens is 5. The summed E-state index contributed by atoms with van der Waals surface area (Å²) in [5.41, 5.74) is -0.413. The third kappa shape index (κ3) is 2.77. The largest absolute Gasteiger partial charge is 0.433 e. The van der Waals surface area contributed by atoms with Crippen LogP contribution in [-0.2, 0) is 19.3 Å². The number of aromatic nitrogens is 2. The fraction of sp³-hybridized carbons (Fsp3) is 0.231. The lowest BCUT2D eigenvalue weighted by atomic mass is 10.1. The van der Waals surface area contributed by atoms with Crippen LogP contribution in [-0.4, -0.2) is 9.97 Å². The van der Waals surface area contributed by atoms with Crippen molar-refractivity contribution in [2.24, 2.45) is 0 Å². The number of rotatable bonds is 1. The minimum atomic E-state index is -4.57. The second-order valence-electron chi connectivity index (χ2n) is 4.58. The first-order valence-electron chi connectivity index (χ1n) is 5.99. The molecular formula is C13H8BrF4N3. The SMILES string of the molecule is Fc1cc(Br)cc(-c2nc3c(c(C(F)(F)F)n2)CNC3)c1. The van der Waals surface area contributed by atoms with Crippen molar-refractivity contribution in [2.75, 3.05) is 0 Å². The van der Waals surface area contributed by atoms with E-state index >= 15 is 0 Å². The molecule has 0 aliphatic carbocycles. The lowest BCUT2D eigenvalue weighted by Gasteiger charge is -2.12. The first-order valence-corrected chi connectivity index (χ1v) is 6.78. The van der Waals surface area contributed by atoms with Crippen molar-refractivity contribution in [3.63, 3.8) is 0 Å². The van der Waals surface area contributed by atoms with E-state index in [2.05, 4.69) is 31.2 Å². The maximum absolute atomic E-state index is 13.4. The Morgan fingerprint density at radius 3 is 2.52 bits per heavy atom. The van der Waals surface area contributed by atoms with Crippen molar-refractivity contribution in [1.82, 2.24) is 15.3 Å². The molecule has 0 unspecified atom stereocenters. The van der Waals surface area contributed by atoms with Gasteiger partial charge in [0.1, 0.15) is 5.82 Å². The van der Waals surface area contributed by atoms with Crippen LogP contribution in [0.5, 0.6) is 0 Å². The van der Waals surface area contributed by atoms with E-state index in [-0.39, 0.29) is 30.0 Å². The first-order chi connectivity index (χ1) is 9.84. The molecule has 1 aliphatic rings. The van der Waals surface area contributed by atoms with Gasteiger partial charge in [-0.15, -0.1) is 0 Å². The Hall–Kier alpha value is -1.54. The van der Waals surface area contributed by atoms with E-state index in [0.29, 0.717) is 10.2 Å². The van der Waals surface area contributed by atoms with Crippen LogP contribution in [0.15, 0.2) is 22.7 Å². The highest BCUT2D eigenvalue weighted by atomic mass is 79.9. The number of nitrogens with one attached hydrogen (secondary N) is 1. The van der Waals surface area contributed by atoms with Gasteiger partial charge >= 0.3 is 6.18 Å². The summed E-state index contributed by atoms with van der Waals surface area (Å²) in [5, 5.41) is 2.82. The smallest absolute Gasteiger partial charge is 0.307 e. The molecule has 110 valence electrons. The molecule has 0 spiro atoms. The second kappa shape index (κ2) is 5.03. The lowest BCUT2D eigenvalue weighted by molar-refractivity contribution is -0.141. The molecule has 1 aromatic heterocycles. The Bertz CT molecular complexity index is 695. The Morgan fingerprint density at radius 1 is 1.10 bits per heavy atom. The Balaban J connectivity index is 2.20. The molecule has 0 saturated heterocycles. The fourth-order valence-corrected chi connectivity index (χ4v) is 2.68. The van der Waals surface area contributed by atoms with E-state index < -0.39 is 17.7 Å². The standard InChI is InChI=1S/C13H8BrF4N3/c14-7-1-6(2-8(15)3-7)12-20-10-5-19-4-9(10)11(21-12)13(16,17)18/h1-3,19H,4-5H2. The Morgan fingerprint density at radius 2 is 1.86 bits per heavy atom. The van der Waals surface area contributed by atoms with Gasteiger partial charge in [0.25, 0.3) is 0 Å². The average molecular weight is 362 g/mol. The molecule has 3 nitrogen and oxygen atoms in total. The summed E-state index contributed by atoms with van der Waals surface area (Å²) in [7, 11) is 0. The van der Waals surface area contributed by atoms with Crippen LogP contribution in [0.4, 0.5) is 17.6 Å². The molecule has 0 radical (unpaired) electrons. The maximum atomic E-state index is 13.4. The van der Waals surface area contributed by atoms with E-state index in [1.807, 2.05) is 0 Å². The van der Waals surface area contributed by atoms with Gasteiger partial charge in [-0.05, 0) is 18.2 Å². The van der Waals surface area contributed by atoms with Crippen molar-refractivity contribution in [2.45, 2.75) is 19.3 Å². The van der Waals surface area contributed by atoms with Gasteiger partial charge in [-0.3, -0.25) is 0 Å². The number of benzene rings is 1. The number of fused-ring (bicyclic) bond motifs is 1. The Labute approximate surface area is 125 Å². The Kier molecular flexibility index (Phi) is 3.45. The van der Waals surface area contributed by atoms with Crippen molar-refractivity contribution >= 4 is 15.9 Å². The molecular weight excluding hydrogens is 354 g/mol. The topological polar surface area (TPSA) is 37.8 Å². The molecule has 2 heterocycles. The third-order valence-electron chi connectivity index (χ3n) is 3.08. The predicted octanol–water partition coefficient (Wildman–Crippen LogP) is 3.67. The number of nitrogens with zero attached hydrogens (tertiary/aromatic N) is 2. The van der Waals surface area contributed by atoms with Gasteiger partial charge in [0, 0.05) is 28.7 Å². The zero-order valence-electron chi connectivity index (χ0n) is 10.4. The molecule has 0 saturated carbocycles. The quantitative estimate of drug-likeness (QED) is 0.787. The molecule has 21 heavy (non-hydrogen) atoms. The van der Waals surface area contributed by atoms with E-state index in [1.54, 1.807) is 0 Å². The van der Waals surface area contributed by atoms with Crippen LogP contribution >= 0.6 is 15.9 Å². The molecule has 1 aromatic carbocycles. The summed E-state index contributed by atoms with van der Waals surface area (Å²) in [6, 6.07) is 3.80.